The number of ether oxygens (including phenoxy) is 1. The zero-order chi connectivity index (χ0) is 20.7. The van der Waals surface area contributed by atoms with Crippen molar-refractivity contribution in [3.63, 3.8) is 0 Å². The molecular weight excluding hydrogens is 400 g/mol. The number of urea groups is 1. The predicted octanol–water partition coefficient (Wildman–Crippen LogP) is -0.358. The fraction of sp³-hybridized carbons (Fsp3) is 0.294. The number of morpholine rings is 1. The molecular formula is C17H20N6O5S. The lowest BCUT2D eigenvalue weighted by molar-refractivity contribution is 0.0730. The summed E-state index contributed by atoms with van der Waals surface area (Å²) in [5.74, 6) is -0.636. The first kappa shape index (κ1) is 20.6. The van der Waals surface area contributed by atoms with Gasteiger partial charge < -0.3 is 10.1 Å². The van der Waals surface area contributed by atoms with Crippen molar-refractivity contribution >= 4 is 22.0 Å². The summed E-state index contributed by atoms with van der Waals surface area (Å²) < 4.78 is 32.4. The third-order valence-electron chi connectivity index (χ3n) is 4.09. The van der Waals surface area contributed by atoms with Gasteiger partial charge in [0.25, 0.3) is 5.91 Å². The van der Waals surface area contributed by atoms with E-state index in [9.17, 15) is 18.0 Å². The SMILES string of the molecule is O=C(NCc1ccccc1S(=O)(=O)N1CCOCC1)NNC(=O)c1cnccn1. The number of nitrogens with zero attached hydrogens (tertiary/aromatic N) is 3. The van der Waals surface area contributed by atoms with E-state index in [-0.39, 0.29) is 30.2 Å². The molecule has 0 radical (unpaired) electrons. The van der Waals surface area contributed by atoms with E-state index in [1.165, 1.54) is 29.0 Å². The Balaban J connectivity index is 1.59. The second-order valence-electron chi connectivity index (χ2n) is 5.98. The lowest BCUT2D eigenvalue weighted by atomic mass is 10.2. The number of carbonyl (C=O) groups is 2. The largest absolute Gasteiger partial charge is 0.379 e. The lowest BCUT2D eigenvalue weighted by Crippen LogP contribution is -2.47. The van der Waals surface area contributed by atoms with Crippen LogP contribution in [0.5, 0.6) is 0 Å². The summed E-state index contributed by atoms with van der Waals surface area (Å²) in [5.41, 5.74) is 4.83. The van der Waals surface area contributed by atoms with Crippen molar-refractivity contribution in [3.05, 3.63) is 54.1 Å². The van der Waals surface area contributed by atoms with E-state index < -0.39 is 22.0 Å². The van der Waals surface area contributed by atoms with Crippen LogP contribution in [0.4, 0.5) is 4.79 Å². The number of benzene rings is 1. The van der Waals surface area contributed by atoms with Crippen LogP contribution in [0, 0.1) is 0 Å². The molecule has 2 aromatic rings. The van der Waals surface area contributed by atoms with Gasteiger partial charge in [0, 0.05) is 32.0 Å². The molecule has 12 heteroatoms. The summed E-state index contributed by atoms with van der Waals surface area (Å²) in [4.78, 5) is 31.5. The van der Waals surface area contributed by atoms with Gasteiger partial charge in [0.1, 0.15) is 5.69 Å². The van der Waals surface area contributed by atoms with Gasteiger partial charge in [-0.2, -0.15) is 4.31 Å². The first-order valence-electron chi connectivity index (χ1n) is 8.74. The summed E-state index contributed by atoms with van der Waals surface area (Å²) >= 11 is 0. The molecule has 1 fully saturated rings. The van der Waals surface area contributed by atoms with Crippen molar-refractivity contribution in [3.8, 4) is 0 Å². The van der Waals surface area contributed by atoms with Gasteiger partial charge in [-0.15, -0.1) is 0 Å². The number of hydrazine groups is 1. The predicted molar refractivity (Wildman–Crippen MR) is 101 cm³/mol. The molecule has 0 bridgehead atoms. The standard InChI is InChI=1S/C17H20N6O5S/c24-16(14-12-18-5-6-19-14)21-22-17(25)20-11-13-3-1-2-4-15(13)29(26,27)23-7-9-28-10-8-23/h1-6,12H,7-11H2,(H,21,24)(H2,20,22,25). The number of hydrogen-bond donors (Lipinski definition) is 3. The van der Waals surface area contributed by atoms with E-state index in [4.69, 9.17) is 4.74 Å². The van der Waals surface area contributed by atoms with Crippen molar-refractivity contribution < 1.29 is 22.7 Å². The molecule has 0 aliphatic carbocycles. The molecule has 1 aliphatic heterocycles. The minimum atomic E-state index is -3.71. The first-order chi connectivity index (χ1) is 14.0. The Morgan fingerprint density at radius 3 is 2.59 bits per heavy atom. The second-order valence-corrected chi connectivity index (χ2v) is 7.88. The Hall–Kier alpha value is -3.09. The number of nitrogens with one attached hydrogen (secondary N) is 3. The molecule has 0 atom stereocenters. The first-order valence-corrected chi connectivity index (χ1v) is 10.2. The molecule has 3 N–H and O–H groups in total. The van der Waals surface area contributed by atoms with E-state index >= 15 is 0 Å². The molecule has 11 nitrogen and oxygen atoms in total. The van der Waals surface area contributed by atoms with Crippen molar-refractivity contribution in [2.75, 3.05) is 26.3 Å². The summed E-state index contributed by atoms with van der Waals surface area (Å²) in [6, 6.07) is 5.71. The van der Waals surface area contributed by atoms with Crippen molar-refractivity contribution in [2.45, 2.75) is 11.4 Å². The number of sulfonamides is 1. The summed E-state index contributed by atoms with van der Waals surface area (Å²) in [6.07, 6.45) is 4.02. The Morgan fingerprint density at radius 1 is 1.10 bits per heavy atom. The number of hydrogen-bond acceptors (Lipinski definition) is 7. The van der Waals surface area contributed by atoms with Crippen molar-refractivity contribution in [1.82, 2.24) is 30.4 Å². The Kier molecular flexibility index (Phi) is 6.69. The molecule has 1 saturated heterocycles. The molecule has 1 aromatic heterocycles. The summed E-state index contributed by atoms with van der Waals surface area (Å²) in [6.45, 7) is 1.19. The third kappa shape index (κ3) is 5.25. The molecule has 0 unspecified atom stereocenters. The summed E-state index contributed by atoms with van der Waals surface area (Å²) in [5, 5.41) is 2.51. The van der Waals surface area contributed by atoms with Gasteiger partial charge in [0.05, 0.1) is 24.3 Å². The van der Waals surface area contributed by atoms with E-state index in [1.54, 1.807) is 18.2 Å². The molecule has 1 aliphatic rings. The van der Waals surface area contributed by atoms with Crippen LogP contribution in [-0.2, 0) is 21.3 Å². The highest BCUT2D eigenvalue weighted by molar-refractivity contribution is 7.89. The van der Waals surface area contributed by atoms with Crippen LogP contribution in [0.2, 0.25) is 0 Å². The number of carbonyl (C=O) groups excluding carboxylic acids is 2. The van der Waals surface area contributed by atoms with Crippen LogP contribution in [0.1, 0.15) is 16.1 Å². The highest BCUT2D eigenvalue weighted by Gasteiger charge is 2.28. The molecule has 0 saturated carbocycles. The van der Waals surface area contributed by atoms with Crippen LogP contribution in [0.15, 0.2) is 47.8 Å². The zero-order valence-electron chi connectivity index (χ0n) is 15.4. The maximum atomic E-state index is 12.9. The monoisotopic (exact) mass is 420 g/mol. The maximum Gasteiger partial charge on any atom is 0.333 e. The fourth-order valence-electron chi connectivity index (χ4n) is 2.64. The maximum absolute atomic E-state index is 12.9. The fourth-order valence-corrected chi connectivity index (χ4v) is 4.27. The number of aromatic nitrogens is 2. The van der Waals surface area contributed by atoms with Gasteiger partial charge in [-0.05, 0) is 11.6 Å². The van der Waals surface area contributed by atoms with Gasteiger partial charge >= 0.3 is 6.03 Å². The Morgan fingerprint density at radius 2 is 1.86 bits per heavy atom. The van der Waals surface area contributed by atoms with E-state index in [0.717, 1.165) is 0 Å². The summed E-state index contributed by atoms with van der Waals surface area (Å²) in [7, 11) is -3.71. The quantitative estimate of drug-likeness (QED) is 0.561. The smallest absolute Gasteiger partial charge is 0.333 e. The second kappa shape index (κ2) is 9.41. The van der Waals surface area contributed by atoms with Crippen LogP contribution in [0.25, 0.3) is 0 Å². The lowest BCUT2D eigenvalue weighted by Gasteiger charge is -2.27. The minimum absolute atomic E-state index is 0.0368. The molecule has 29 heavy (non-hydrogen) atoms. The van der Waals surface area contributed by atoms with Gasteiger partial charge in [-0.1, -0.05) is 18.2 Å². The van der Waals surface area contributed by atoms with Gasteiger partial charge in [-0.25, -0.2) is 23.6 Å². The van der Waals surface area contributed by atoms with Crippen LogP contribution >= 0.6 is 0 Å². The topological polar surface area (TPSA) is 143 Å². The van der Waals surface area contributed by atoms with Crippen LogP contribution in [0.3, 0.4) is 0 Å². The Labute approximate surface area is 167 Å². The molecule has 2 heterocycles. The Bertz CT molecular complexity index is 963. The van der Waals surface area contributed by atoms with Crippen LogP contribution < -0.4 is 16.2 Å². The molecule has 3 rings (SSSR count). The zero-order valence-corrected chi connectivity index (χ0v) is 16.2. The average Bonchev–Trinajstić information content (AvgIpc) is 2.77. The van der Waals surface area contributed by atoms with Gasteiger partial charge in [-0.3, -0.25) is 15.2 Å². The average molecular weight is 420 g/mol. The normalized spacial score (nSPS) is 14.8. The molecule has 154 valence electrons. The van der Waals surface area contributed by atoms with E-state index in [2.05, 4.69) is 26.1 Å². The molecule has 0 spiro atoms. The van der Waals surface area contributed by atoms with Crippen LogP contribution in [-0.4, -0.2) is 60.9 Å². The minimum Gasteiger partial charge on any atom is -0.379 e. The van der Waals surface area contributed by atoms with Gasteiger partial charge in [0.2, 0.25) is 10.0 Å². The molecule has 3 amide bonds. The van der Waals surface area contributed by atoms with Gasteiger partial charge in [0.15, 0.2) is 0 Å². The number of rotatable bonds is 5. The third-order valence-corrected chi connectivity index (χ3v) is 6.08. The highest BCUT2D eigenvalue weighted by Crippen LogP contribution is 2.21. The van der Waals surface area contributed by atoms with Crippen molar-refractivity contribution in [2.24, 2.45) is 0 Å². The number of amides is 3. The van der Waals surface area contributed by atoms with E-state index in [0.29, 0.717) is 18.8 Å². The van der Waals surface area contributed by atoms with Crippen molar-refractivity contribution in [1.29, 1.82) is 0 Å². The molecule has 1 aromatic carbocycles. The highest BCUT2D eigenvalue weighted by atomic mass is 32.2. The van der Waals surface area contributed by atoms with E-state index in [1.807, 2.05) is 0 Å².